The van der Waals surface area contributed by atoms with Gasteiger partial charge in [-0.1, -0.05) is 18.2 Å². The van der Waals surface area contributed by atoms with Crippen LogP contribution in [0.25, 0.3) is 0 Å². The Labute approximate surface area is 176 Å². The molecule has 2 aliphatic rings. The van der Waals surface area contributed by atoms with Gasteiger partial charge < -0.3 is 24.6 Å². The molecule has 2 fully saturated rings. The smallest absolute Gasteiger partial charge is 0.233 e. The zero-order valence-corrected chi connectivity index (χ0v) is 17.7. The number of rotatable bonds is 6. The number of hydrogen-bond acceptors (Lipinski definition) is 6. The monoisotopic (exact) mass is 429 g/mol. The second kappa shape index (κ2) is 11.5. The van der Waals surface area contributed by atoms with Gasteiger partial charge >= 0.3 is 0 Å². The third-order valence-corrected chi connectivity index (χ3v) is 5.78. The standard InChI is InChI=1S/C19H27N3O4S.ClH/c1-25-17-5-3-2-4-15(17)16-12-20-6-7-22(16)19(24)14-27-13-18(23)21-8-10-26-11-9-21;/h2-5,16,20H,6-14H2,1H3;1H. The zero-order valence-electron chi connectivity index (χ0n) is 16.1. The van der Waals surface area contributed by atoms with Gasteiger partial charge in [0.05, 0.1) is 37.9 Å². The summed E-state index contributed by atoms with van der Waals surface area (Å²) < 4.78 is 10.7. The lowest BCUT2D eigenvalue weighted by molar-refractivity contribution is -0.132. The molecule has 28 heavy (non-hydrogen) atoms. The van der Waals surface area contributed by atoms with E-state index in [-0.39, 0.29) is 30.3 Å². The number of thioether (sulfide) groups is 1. The van der Waals surface area contributed by atoms with Crippen molar-refractivity contribution in [3.63, 3.8) is 0 Å². The van der Waals surface area contributed by atoms with Gasteiger partial charge in [-0.2, -0.15) is 0 Å². The van der Waals surface area contributed by atoms with E-state index in [2.05, 4.69) is 5.32 Å². The molecule has 2 heterocycles. The van der Waals surface area contributed by atoms with E-state index in [1.54, 1.807) is 7.11 Å². The molecule has 3 rings (SSSR count). The van der Waals surface area contributed by atoms with Gasteiger partial charge in [-0.3, -0.25) is 9.59 Å². The number of hydrogen-bond donors (Lipinski definition) is 1. The number of para-hydroxylation sites is 1. The number of nitrogens with one attached hydrogen (secondary N) is 1. The molecule has 1 aromatic rings. The Kier molecular flexibility index (Phi) is 9.37. The van der Waals surface area contributed by atoms with Gasteiger partial charge in [0, 0.05) is 38.3 Å². The number of nitrogens with zero attached hydrogens (tertiary/aromatic N) is 2. The molecule has 9 heteroatoms. The van der Waals surface area contributed by atoms with Crippen LogP contribution >= 0.6 is 24.2 Å². The fourth-order valence-corrected chi connectivity index (χ4v) is 4.23. The summed E-state index contributed by atoms with van der Waals surface area (Å²) in [6.07, 6.45) is 0. The van der Waals surface area contributed by atoms with Crippen LogP contribution in [0.4, 0.5) is 0 Å². The third kappa shape index (κ3) is 5.76. The SMILES string of the molecule is COc1ccccc1C1CNCCN1C(=O)CSCC(=O)N1CCOCC1.Cl. The first kappa shape index (κ1) is 22.8. The highest BCUT2D eigenvalue weighted by atomic mass is 35.5. The van der Waals surface area contributed by atoms with Crippen molar-refractivity contribution in [3.05, 3.63) is 29.8 Å². The summed E-state index contributed by atoms with van der Waals surface area (Å²) in [5.74, 6) is 1.57. The maximum Gasteiger partial charge on any atom is 0.233 e. The number of methoxy groups -OCH3 is 1. The Morgan fingerprint density at radius 1 is 1.18 bits per heavy atom. The summed E-state index contributed by atoms with van der Waals surface area (Å²) in [5.41, 5.74) is 1.01. The summed E-state index contributed by atoms with van der Waals surface area (Å²) in [5, 5.41) is 3.36. The number of morpholine rings is 1. The lowest BCUT2D eigenvalue weighted by Gasteiger charge is -2.37. The van der Waals surface area contributed by atoms with Crippen LogP contribution in [-0.2, 0) is 14.3 Å². The highest BCUT2D eigenvalue weighted by Gasteiger charge is 2.29. The molecule has 0 radical (unpaired) electrons. The van der Waals surface area contributed by atoms with Crippen molar-refractivity contribution in [1.29, 1.82) is 0 Å². The van der Waals surface area contributed by atoms with Gasteiger partial charge in [0.2, 0.25) is 11.8 Å². The molecular weight excluding hydrogens is 402 g/mol. The molecule has 2 aliphatic heterocycles. The van der Waals surface area contributed by atoms with Crippen molar-refractivity contribution in [3.8, 4) is 5.75 Å². The Morgan fingerprint density at radius 2 is 1.89 bits per heavy atom. The highest BCUT2D eigenvalue weighted by Crippen LogP contribution is 2.30. The van der Waals surface area contributed by atoms with Crippen molar-refractivity contribution in [2.24, 2.45) is 0 Å². The van der Waals surface area contributed by atoms with Gasteiger partial charge in [0.15, 0.2) is 0 Å². The highest BCUT2D eigenvalue weighted by molar-refractivity contribution is 8.00. The number of carbonyl (C=O) groups is 2. The van der Waals surface area contributed by atoms with Gasteiger partial charge in [-0.25, -0.2) is 0 Å². The first-order chi connectivity index (χ1) is 13.2. The molecule has 1 atom stereocenters. The Balaban J connectivity index is 0.00000280. The van der Waals surface area contributed by atoms with Crippen molar-refractivity contribution < 1.29 is 19.1 Å². The van der Waals surface area contributed by atoms with Crippen LogP contribution in [0.5, 0.6) is 5.75 Å². The van der Waals surface area contributed by atoms with E-state index in [4.69, 9.17) is 9.47 Å². The first-order valence-corrected chi connectivity index (χ1v) is 10.4. The minimum Gasteiger partial charge on any atom is -0.496 e. The number of carbonyl (C=O) groups excluding carboxylic acids is 2. The number of halogens is 1. The molecule has 1 unspecified atom stereocenters. The molecule has 0 saturated carbocycles. The minimum atomic E-state index is -0.0575. The number of ether oxygens (including phenoxy) is 2. The molecule has 0 bridgehead atoms. The van der Waals surface area contributed by atoms with E-state index >= 15 is 0 Å². The fraction of sp³-hybridized carbons (Fsp3) is 0.579. The Bertz CT molecular complexity index is 658. The van der Waals surface area contributed by atoms with Gasteiger partial charge in [0.25, 0.3) is 0 Å². The van der Waals surface area contributed by atoms with Gasteiger partial charge in [-0.15, -0.1) is 24.2 Å². The van der Waals surface area contributed by atoms with Crippen molar-refractivity contribution in [2.75, 3.05) is 64.6 Å². The number of benzene rings is 1. The lowest BCUT2D eigenvalue weighted by Crippen LogP contribution is -2.49. The van der Waals surface area contributed by atoms with E-state index in [9.17, 15) is 9.59 Å². The first-order valence-electron chi connectivity index (χ1n) is 9.27. The lowest BCUT2D eigenvalue weighted by atomic mass is 10.0. The quantitative estimate of drug-likeness (QED) is 0.732. The average Bonchev–Trinajstić information content (AvgIpc) is 2.74. The molecule has 0 spiro atoms. The van der Waals surface area contributed by atoms with Crippen molar-refractivity contribution in [1.82, 2.24) is 15.1 Å². The van der Waals surface area contributed by atoms with E-state index in [0.29, 0.717) is 50.9 Å². The minimum absolute atomic E-state index is 0. The summed E-state index contributed by atoms with van der Waals surface area (Å²) in [6.45, 7) is 4.59. The van der Waals surface area contributed by atoms with E-state index in [0.717, 1.165) is 17.9 Å². The van der Waals surface area contributed by atoms with E-state index in [1.165, 1.54) is 11.8 Å². The summed E-state index contributed by atoms with van der Waals surface area (Å²) >= 11 is 1.39. The second-order valence-electron chi connectivity index (χ2n) is 6.53. The fourth-order valence-electron chi connectivity index (χ4n) is 3.43. The maximum absolute atomic E-state index is 12.8. The summed E-state index contributed by atoms with van der Waals surface area (Å²) in [7, 11) is 1.65. The van der Waals surface area contributed by atoms with E-state index < -0.39 is 0 Å². The number of amides is 2. The predicted molar refractivity (Wildman–Crippen MR) is 112 cm³/mol. The summed E-state index contributed by atoms with van der Waals surface area (Å²) in [6, 6.07) is 7.76. The molecule has 1 N–H and O–H groups in total. The normalized spacial score (nSPS) is 19.7. The van der Waals surface area contributed by atoms with Gasteiger partial charge in [0.1, 0.15) is 5.75 Å². The molecule has 7 nitrogen and oxygen atoms in total. The Morgan fingerprint density at radius 3 is 2.64 bits per heavy atom. The van der Waals surface area contributed by atoms with Crippen LogP contribution in [0.15, 0.2) is 24.3 Å². The van der Waals surface area contributed by atoms with Crippen LogP contribution in [-0.4, -0.2) is 86.2 Å². The molecule has 156 valence electrons. The second-order valence-corrected chi connectivity index (χ2v) is 7.52. The van der Waals surface area contributed by atoms with Crippen LogP contribution in [0.1, 0.15) is 11.6 Å². The van der Waals surface area contributed by atoms with Crippen LogP contribution < -0.4 is 10.1 Å². The average molecular weight is 430 g/mol. The molecule has 2 saturated heterocycles. The molecule has 0 aromatic heterocycles. The number of piperazine rings is 1. The summed E-state index contributed by atoms with van der Waals surface area (Å²) in [4.78, 5) is 28.8. The van der Waals surface area contributed by atoms with Crippen molar-refractivity contribution >= 4 is 36.0 Å². The van der Waals surface area contributed by atoms with Crippen molar-refractivity contribution in [2.45, 2.75) is 6.04 Å². The van der Waals surface area contributed by atoms with Gasteiger partial charge in [-0.05, 0) is 6.07 Å². The maximum atomic E-state index is 12.8. The largest absolute Gasteiger partial charge is 0.496 e. The van der Waals surface area contributed by atoms with Crippen LogP contribution in [0.3, 0.4) is 0 Å². The molecule has 2 amide bonds. The molecule has 0 aliphatic carbocycles. The molecule has 1 aromatic carbocycles. The van der Waals surface area contributed by atoms with Crippen LogP contribution in [0.2, 0.25) is 0 Å². The third-order valence-electron chi connectivity index (χ3n) is 4.88. The predicted octanol–water partition coefficient (Wildman–Crippen LogP) is 1.18. The van der Waals surface area contributed by atoms with E-state index in [1.807, 2.05) is 34.1 Å². The van der Waals surface area contributed by atoms with Crippen LogP contribution in [0, 0.1) is 0 Å². The zero-order chi connectivity index (χ0) is 19.1. The molecular formula is C19H28ClN3O4S. The topological polar surface area (TPSA) is 71.1 Å². The Hall–Kier alpha value is -1.48.